The number of ether oxygens (including phenoxy) is 1. The fourth-order valence-electron chi connectivity index (χ4n) is 2.78. The van der Waals surface area contributed by atoms with Crippen LogP contribution in [0.25, 0.3) is 0 Å². The van der Waals surface area contributed by atoms with Gasteiger partial charge in [0.05, 0.1) is 25.7 Å². The molecule has 3 rings (SSSR count). The number of hydrogen-bond acceptors (Lipinski definition) is 4. The summed E-state index contributed by atoms with van der Waals surface area (Å²) in [6, 6.07) is 17.5. The van der Waals surface area contributed by atoms with Crippen molar-refractivity contribution in [2.75, 3.05) is 11.9 Å². The zero-order valence-corrected chi connectivity index (χ0v) is 19.9. The Kier molecular flexibility index (Phi) is 8.03. The second kappa shape index (κ2) is 10.6. The van der Waals surface area contributed by atoms with Gasteiger partial charge >= 0.3 is 0 Å². The highest BCUT2D eigenvalue weighted by Gasteiger charge is 2.18. The van der Waals surface area contributed by atoms with Crippen molar-refractivity contribution in [3.63, 3.8) is 0 Å². The lowest BCUT2D eigenvalue weighted by Crippen LogP contribution is -2.26. The number of carbonyl (C=O) groups excluding carboxylic acids is 1. The van der Waals surface area contributed by atoms with Crippen LogP contribution in [-0.4, -0.2) is 20.9 Å². The number of hydrogen-bond donors (Lipinski definition) is 2. The molecule has 0 radical (unpaired) electrons. The van der Waals surface area contributed by atoms with Crippen molar-refractivity contribution < 1.29 is 17.9 Å². The fourth-order valence-corrected chi connectivity index (χ4v) is 4.61. The molecule has 1 amide bonds. The summed E-state index contributed by atoms with van der Waals surface area (Å²) in [7, 11) is -3.73. The predicted octanol–water partition coefficient (Wildman–Crippen LogP) is 5.70. The third-order valence-electron chi connectivity index (χ3n) is 4.42. The molecule has 168 valence electrons. The van der Waals surface area contributed by atoms with Gasteiger partial charge in [-0.15, -0.1) is 0 Å². The van der Waals surface area contributed by atoms with E-state index in [1.54, 1.807) is 6.92 Å². The SMILES string of the molecule is C[C@H](NS(=O)(=O)c1ccc(OCC(=O)Nc2cc(Cl)c(Cl)cc2Cl)cc1)c1ccccc1. The van der Waals surface area contributed by atoms with Crippen molar-refractivity contribution in [2.24, 2.45) is 0 Å². The molecule has 3 aromatic rings. The van der Waals surface area contributed by atoms with Gasteiger partial charge in [-0.05, 0) is 48.9 Å². The van der Waals surface area contributed by atoms with E-state index in [0.29, 0.717) is 11.4 Å². The van der Waals surface area contributed by atoms with E-state index in [9.17, 15) is 13.2 Å². The van der Waals surface area contributed by atoms with Crippen LogP contribution in [0.2, 0.25) is 15.1 Å². The topological polar surface area (TPSA) is 84.5 Å². The maximum Gasteiger partial charge on any atom is 0.262 e. The lowest BCUT2D eigenvalue weighted by atomic mass is 10.1. The van der Waals surface area contributed by atoms with E-state index in [0.717, 1.165) is 5.56 Å². The normalized spacial score (nSPS) is 12.2. The van der Waals surface area contributed by atoms with E-state index < -0.39 is 22.0 Å². The zero-order chi connectivity index (χ0) is 23.3. The van der Waals surface area contributed by atoms with Crippen LogP contribution in [0, 0.1) is 0 Å². The van der Waals surface area contributed by atoms with Gasteiger partial charge in [-0.3, -0.25) is 4.79 Å². The summed E-state index contributed by atoms with van der Waals surface area (Å²) in [5.41, 5.74) is 1.15. The highest BCUT2D eigenvalue weighted by Crippen LogP contribution is 2.32. The van der Waals surface area contributed by atoms with Crippen molar-refractivity contribution in [3.05, 3.63) is 87.4 Å². The molecule has 0 aromatic heterocycles. The van der Waals surface area contributed by atoms with Crippen LogP contribution in [-0.2, 0) is 14.8 Å². The maximum atomic E-state index is 12.6. The first-order valence-electron chi connectivity index (χ1n) is 9.40. The van der Waals surface area contributed by atoms with Gasteiger partial charge in [-0.25, -0.2) is 13.1 Å². The Labute approximate surface area is 201 Å². The first-order chi connectivity index (χ1) is 15.2. The summed E-state index contributed by atoms with van der Waals surface area (Å²) >= 11 is 17.8. The van der Waals surface area contributed by atoms with Crippen molar-refractivity contribution >= 4 is 56.4 Å². The Balaban J connectivity index is 1.58. The molecule has 0 fully saturated rings. The number of benzene rings is 3. The molecular formula is C22H19Cl3N2O4S. The summed E-state index contributed by atoms with van der Waals surface area (Å²) in [6.07, 6.45) is 0. The molecule has 0 bridgehead atoms. The number of carbonyl (C=O) groups is 1. The van der Waals surface area contributed by atoms with E-state index in [1.165, 1.54) is 36.4 Å². The van der Waals surface area contributed by atoms with Gasteiger partial charge in [0.1, 0.15) is 5.75 Å². The Morgan fingerprint density at radius 1 is 0.938 bits per heavy atom. The number of sulfonamides is 1. The van der Waals surface area contributed by atoms with Gasteiger partial charge in [-0.2, -0.15) is 0 Å². The van der Waals surface area contributed by atoms with E-state index in [-0.39, 0.29) is 26.6 Å². The Hall–Kier alpha value is -2.29. The van der Waals surface area contributed by atoms with Crippen LogP contribution in [0.5, 0.6) is 5.75 Å². The molecule has 0 spiro atoms. The summed E-state index contributed by atoms with van der Waals surface area (Å²) in [6.45, 7) is 1.45. The van der Waals surface area contributed by atoms with Crippen molar-refractivity contribution in [2.45, 2.75) is 17.9 Å². The third-order valence-corrected chi connectivity index (χ3v) is 7.01. The maximum absolute atomic E-state index is 12.6. The van der Waals surface area contributed by atoms with Crippen molar-refractivity contribution in [1.82, 2.24) is 4.72 Å². The summed E-state index contributed by atoms with van der Waals surface area (Å²) in [5, 5.41) is 3.33. The minimum atomic E-state index is -3.73. The fraction of sp³-hybridized carbons (Fsp3) is 0.136. The molecule has 0 heterocycles. The van der Waals surface area contributed by atoms with Crippen molar-refractivity contribution in [1.29, 1.82) is 0 Å². The Bertz CT molecular complexity index is 1200. The number of nitrogens with one attached hydrogen (secondary N) is 2. The molecule has 2 N–H and O–H groups in total. The molecule has 0 aliphatic rings. The smallest absolute Gasteiger partial charge is 0.262 e. The number of anilines is 1. The monoisotopic (exact) mass is 512 g/mol. The van der Waals surface area contributed by atoms with Crippen LogP contribution in [0.15, 0.2) is 71.6 Å². The lowest BCUT2D eigenvalue weighted by Gasteiger charge is -2.15. The molecule has 0 saturated carbocycles. The van der Waals surface area contributed by atoms with Crippen molar-refractivity contribution in [3.8, 4) is 5.75 Å². The molecule has 0 aliphatic carbocycles. The summed E-state index contributed by atoms with van der Waals surface area (Å²) in [5.74, 6) is -0.143. The molecule has 3 aromatic carbocycles. The highest BCUT2D eigenvalue weighted by molar-refractivity contribution is 7.89. The number of amides is 1. The molecule has 6 nitrogen and oxygen atoms in total. The molecular weight excluding hydrogens is 495 g/mol. The summed E-state index contributed by atoms with van der Waals surface area (Å²) in [4.78, 5) is 12.2. The minimum Gasteiger partial charge on any atom is -0.484 e. The highest BCUT2D eigenvalue weighted by atomic mass is 35.5. The van der Waals surface area contributed by atoms with Crippen LogP contribution < -0.4 is 14.8 Å². The van der Waals surface area contributed by atoms with Gasteiger partial charge in [-0.1, -0.05) is 65.1 Å². The lowest BCUT2D eigenvalue weighted by molar-refractivity contribution is -0.118. The quantitative estimate of drug-likeness (QED) is 0.378. The number of halogens is 3. The van der Waals surface area contributed by atoms with E-state index in [4.69, 9.17) is 39.5 Å². The molecule has 32 heavy (non-hydrogen) atoms. The average Bonchev–Trinajstić information content (AvgIpc) is 2.76. The molecule has 1 atom stereocenters. The van der Waals surface area contributed by atoms with Crippen LogP contribution in [0.1, 0.15) is 18.5 Å². The van der Waals surface area contributed by atoms with E-state index >= 15 is 0 Å². The second-order valence-corrected chi connectivity index (χ2v) is 9.74. The van der Waals surface area contributed by atoms with Gasteiger partial charge in [0, 0.05) is 6.04 Å². The molecule has 10 heteroatoms. The molecule has 0 saturated heterocycles. The van der Waals surface area contributed by atoms with Crippen LogP contribution in [0.4, 0.5) is 5.69 Å². The molecule has 0 aliphatic heterocycles. The van der Waals surface area contributed by atoms with Crippen LogP contribution >= 0.6 is 34.8 Å². The average molecular weight is 514 g/mol. The van der Waals surface area contributed by atoms with Gasteiger partial charge in [0.25, 0.3) is 5.91 Å². The molecule has 0 unspecified atom stereocenters. The van der Waals surface area contributed by atoms with Gasteiger partial charge < -0.3 is 10.1 Å². The Morgan fingerprint density at radius 3 is 2.22 bits per heavy atom. The van der Waals surface area contributed by atoms with E-state index in [1.807, 2.05) is 30.3 Å². The first-order valence-corrected chi connectivity index (χ1v) is 12.0. The van der Waals surface area contributed by atoms with Gasteiger partial charge in [0.2, 0.25) is 10.0 Å². The first kappa shape index (κ1) is 24.4. The number of rotatable bonds is 8. The van der Waals surface area contributed by atoms with E-state index in [2.05, 4.69) is 10.0 Å². The zero-order valence-electron chi connectivity index (χ0n) is 16.8. The Morgan fingerprint density at radius 2 is 1.56 bits per heavy atom. The minimum absolute atomic E-state index is 0.0830. The van der Waals surface area contributed by atoms with Gasteiger partial charge in [0.15, 0.2) is 6.61 Å². The third kappa shape index (κ3) is 6.37. The van der Waals surface area contributed by atoms with Crippen LogP contribution in [0.3, 0.4) is 0 Å². The standard InChI is InChI=1S/C22H19Cl3N2O4S/c1-14(15-5-3-2-4-6-15)27-32(29,30)17-9-7-16(8-10-17)31-13-22(28)26-21-12-19(24)18(23)11-20(21)25/h2-12,14,27H,13H2,1H3,(H,26,28)/t14-/m0/s1. The predicted molar refractivity (Wildman–Crippen MR) is 127 cm³/mol. The largest absolute Gasteiger partial charge is 0.484 e. The summed E-state index contributed by atoms with van der Waals surface area (Å²) < 4.78 is 33.3. The second-order valence-electron chi connectivity index (χ2n) is 6.81.